The van der Waals surface area contributed by atoms with Crippen molar-refractivity contribution in [1.82, 2.24) is 20.3 Å². The Labute approximate surface area is 162 Å². The standard InChI is InChI=1S/C18H14FN5OS2/c1-11-2-8-14(9-3-11)20-17-22-23-18(27-17)26-10-15-21-16(24-25-15)12-4-6-13(19)7-5-12/h2-9H,10H2,1H3,(H,20,22). The molecule has 4 aromatic rings. The maximum absolute atomic E-state index is 13.0. The van der Waals surface area contributed by atoms with Crippen molar-refractivity contribution >= 4 is 33.9 Å². The topological polar surface area (TPSA) is 76.7 Å². The number of aryl methyl sites for hydroxylation is 1. The van der Waals surface area contributed by atoms with Crippen molar-refractivity contribution in [2.24, 2.45) is 0 Å². The zero-order chi connectivity index (χ0) is 18.6. The van der Waals surface area contributed by atoms with Crippen LogP contribution in [0.2, 0.25) is 0 Å². The summed E-state index contributed by atoms with van der Waals surface area (Å²) in [6.45, 7) is 2.04. The van der Waals surface area contributed by atoms with Gasteiger partial charge in [0.15, 0.2) is 4.34 Å². The van der Waals surface area contributed by atoms with E-state index < -0.39 is 0 Å². The zero-order valence-corrected chi connectivity index (χ0v) is 15.9. The lowest BCUT2D eigenvalue weighted by molar-refractivity contribution is 0.391. The maximum atomic E-state index is 13.0. The number of hydrogen-bond donors (Lipinski definition) is 1. The highest BCUT2D eigenvalue weighted by molar-refractivity contribution is 8.00. The van der Waals surface area contributed by atoms with Crippen LogP contribution in [-0.4, -0.2) is 20.3 Å². The molecule has 27 heavy (non-hydrogen) atoms. The fourth-order valence-electron chi connectivity index (χ4n) is 2.23. The molecule has 0 aliphatic carbocycles. The van der Waals surface area contributed by atoms with Crippen LogP contribution in [0.3, 0.4) is 0 Å². The quantitative estimate of drug-likeness (QED) is 0.454. The molecule has 2 heterocycles. The Morgan fingerprint density at radius 3 is 2.63 bits per heavy atom. The smallest absolute Gasteiger partial charge is 0.237 e. The second kappa shape index (κ2) is 7.85. The third kappa shape index (κ3) is 4.50. The van der Waals surface area contributed by atoms with E-state index >= 15 is 0 Å². The molecule has 0 bridgehead atoms. The normalized spacial score (nSPS) is 10.9. The second-order valence-electron chi connectivity index (χ2n) is 5.67. The monoisotopic (exact) mass is 399 g/mol. The third-order valence-electron chi connectivity index (χ3n) is 3.60. The van der Waals surface area contributed by atoms with Crippen LogP contribution >= 0.6 is 23.1 Å². The van der Waals surface area contributed by atoms with Gasteiger partial charge >= 0.3 is 0 Å². The summed E-state index contributed by atoms with van der Waals surface area (Å²) in [6, 6.07) is 14.0. The van der Waals surface area contributed by atoms with Gasteiger partial charge in [-0.1, -0.05) is 46.0 Å². The van der Waals surface area contributed by atoms with Gasteiger partial charge in [-0.05, 0) is 43.3 Å². The van der Waals surface area contributed by atoms with E-state index in [2.05, 4.69) is 25.7 Å². The highest BCUT2D eigenvalue weighted by Crippen LogP contribution is 2.30. The molecular weight excluding hydrogens is 385 g/mol. The number of nitrogens with one attached hydrogen (secondary N) is 1. The number of aromatic nitrogens is 4. The van der Waals surface area contributed by atoms with Crippen LogP contribution in [0.1, 0.15) is 11.5 Å². The molecule has 0 saturated heterocycles. The van der Waals surface area contributed by atoms with E-state index in [1.807, 2.05) is 31.2 Å². The molecule has 1 N–H and O–H groups in total. The molecule has 2 aromatic carbocycles. The zero-order valence-electron chi connectivity index (χ0n) is 14.2. The molecule has 0 atom stereocenters. The van der Waals surface area contributed by atoms with Crippen LogP contribution in [0, 0.1) is 12.7 Å². The van der Waals surface area contributed by atoms with Crippen LogP contribution in [-0.2, 0) is 5.75 Å². The molecule has 136 valence electrons. The summed E-state index contributed by atoms with van der Waals surface area (Å²) in [5.74, 6) is 1.09. The molecule has 0 aliphatic rings. The maximum Gasteiger partial charge on any atom is 0.237 e. The fourth-order valence-corrected chi connectivity index (χ4v) is 3.84. The first kappa shape index (κ1) is 17.6. The molecule has 4 rings (SSSR count). The summed E-state index contributed by atoms with van der Waals surface area (Å²) < 4.78 is 19.0. The number of hydrogen-bond acceptors (Lipinski definition) is 8. The van der Waals surface area contributed by atoms with Crippen molar-refractivity contribution < 1.29 is 8.91 Å². The Morgan fingerprint density at radius 1 is 1.07 bits per heavy atom. The van der Waals surface area contributed by atoms with Gasteiger partial charge in [-0.3, -0.25) is 0 Å². The van der Waals surface area contributed by atoms with Gasteiger partial charge in [0.2, 0.25) is 16.8 Å². The SMILES string of the molecule is Cc1ccc(Nc2nnc(SCc3nc(-c4ccc(F)cc4)no3)s2)cc1. The average molecular weight is 399 g/mol. The van der Waals surface area contributed by atoms with E-state index in [0.29, 0.717) is 23.0 Å². The van der Waals surface area contributed by atoms with Gasteiger partial charge in [0.1, 0.15) is 5.82 Å². The molecule has 0 aliphatic heterocycles. The molecule has 0 saturated carbocycles. The van der Waals surface area contributed by atoms with E-state index in [4.69, 9.17) is 4.52 Å². The minimum absolute atomic E-state index is 0.302. The van der Waals surface area contributed by atoms with Gasteiger partial charge < -0.3 is 9.84 Å². The summed E-state index contributed by atoms with van der Waals surface area (Å²) in [4.78, 5) is 4.33. The summed E-state index contributed by atoms with van der Waals surface area (Å²) >= 11 is 2.92. The Bertz CT molecular complexity index is 1030. The molecule has 0 fully saturated rings. The van der Waals surface area contributed by atoms with Crippen molar-refractivity contribution in [3.05, 3.63) is 65.8 Å². The molecule has 6 nitrogen and oxygen atoms in total. The van der Waals surface area contributed by atoms with Crippen LogP contribution in [0.5, 0.6) is 0 Å². The lowest BCUT2D eigenvalue weighted by Crippen LogP contribution is -1.88. The molecule has 0 amide bonds. The number of halogens is 1. The van der Waals surface area contributed by atoms with Gasteiger partial charge in [-0.2, -0.15) is 4.98 Å². The summed E-state index contributed by atoms with van der Waals surface area (Å²) in [5, 5.41) is 16.2. The van der Waals surface area contributed by atoms with Crippen molar-refractivity contribution in [3.63, 3.8) is 0 Å². The van der Waals surface area contributed by atoms with Gasteiger partial charge in [0.05, 0.1) is 5.75 Å². The lowest BCUT2D eigenvalue weighted by atomic mass is 10.2. The predicted octanol–water partition coefficient (Wildman–Crippen LogP) is 5.07. The number of nitrogens with zero attached hydrogens (tertiary/aromatic N) is 4. The van der Waals surface area contributed by atoms with Gasteiger partial charge in [-0.15, -0.1) is 10.2 Å². The Balaban J connectivity index is 1.36. The number of thioether (sulfide) groups is 1. The van der Waals surface area contributed by atoms with Crippen LogP contribution < -0.4 is 5.32 Å². The predicted molar refractivity (Wildman–Crippen MR) is 104 cm³/mol. The Morgan fingerprint density at radius 2 is 1.85 bits per heavy atom. The number of anilines is 2. The van der Waals surface area contributed by atoms with Gasteiger partial charge in [0.25, 0.3) is 0 Å². The van der Waals surface area contributed by atoms with Crippen molar-refractivity contribution in [2.75, 3.05) is 5.32 Å². The van der Waals surface area contributed by atoms with Gasteiger partial charge in [-0.25, -0.2) is 4.39 Å². The number of rotatable bonds is 6. The van der Waals surface area contributed by atoms with E-state index in [9.17, 15) is 4.39 Å². The average Bonchev–Trinajstić information content (AvgIpc) is 3.32. The first-order chi connectivity index (χ1) is 13.2. The molecule has 9 heteroatoms. The first-order valence-corrected chi connectivity index (χ1v) is 9.84. The molecule has 2 aromatic heterocycles. The van der Waals surface area contributed by atoms with E-state index in [-0.39, 0.29) is 5.82 Å². The molecule has 0 spiro atoms. The summed E-state index contributed by atoms with van der Waals surface area (Å²) in [6.07, 6.45) is 0. The summed E-state index contributed by atoms with van der Waals surface area (Å²) in [5.41, 5.74) is 2.87. The van der Waals surface area contributed by atoms with Crippen LogP contribution in [0.15, 0.2) is 57.4 Å². The van der Waals surface area contributed by atoms with Crippen molar-refractivity contribution in [2.45, 2.75) is 17.0 Å². The highest BCUT2D eigenvalue weighted by atomic mass is 32.2. The van der Waals surface area contributed by atoms with Gasteiger partial charge in [0, 0.05) is 11.3 Å². The first-order valence-electron chi connectivity index (χ1n) is 8.04. The number of benzene rings is 2. The van der Waals surface area contributed by atoms with Crippen LogP contribution in [0.25, 0.3) is 11.4 Å². The fraction of sp³-hybridized carbons (Fsp3) is 0.111. The van der Waals surface area contributed by atoms with Crippen molar-refractivity contribution in [3.8, 4) is 11.4 Å². The van der Waals surface area contributed by atoms with E-state index in [1.165, 1.54) is 40.8 Å². The van der Waals surface area contributed by atoms with Crippen molar-refractivity contribution in [1.29, 1.82) is 0 Å². The molecule has 0 radical (unpaired) electrons. The highest BCUT2D eigenvalue weighted by Gasteiger charge is 2.11. The minimum Gasteiger partial charge on any atom is -0.338 e. The van der Waals surface area contributed by atoms with E-state index in [1.54, 1.807) is 12.1 Å². The lowest BCUT2D eigenvalue weighted by Gasteiger charge is -2.01. The third-order valence-corrected chi connectivity index (χ3v) is 5.56. The molecular formula is C18H14FN5OS2. The Kier molecular flexibility index (Phi) is 5.12. The van der Waals surface area contributed by atoms with Crippen LogP contribution in [0.4, 0.5) is 15.2 Å². The largest absolute Gasteiger partial charge is 0.338 e. The molecule has 0 unspecified atom stereocenters. The minimum atomic E-state index is -0.302. The van der Waals surface area contributed by atoms with E-state index in [0.717, 1.165) is 15.2 Å². The summed E-state index contributed by atoms with van der Waals surface area (Å²) in [7, 11) is 0. The second-order valence-corrected chi connectivity index (χ2v) is 7.87. The Hall–Kier alpha value is -2.78.